The van der Waals surface area contributed by atoms with E-state index < -0.39 is 29.3 Å². The number of nitrogens with one attached hydrogen (secondary N) is 1. The Balaban J connectivity index is 1.59. The number of aromatic nitrogens is 5. The molecule has 0 aliphatic rings. The highest BCUT2D eigenvalue weighted by Crippen LogP contribution is 2.33. The molecular formula is C20H14F4N6O. The van der Waals surface area contributed by atoms with Gasteiger partial charge < -0.3 is 5.32 Å². The molecule has 1 amide bonds. The van der Waals surface area contributed by atoms with E-state index in [0.29, 0.717) is 11.2 Å². The Bertz CT molecular complexity index is 1220. The number of rotatable bonds is 5. The van der Waals surface area contributed by atoms with Gasteiger partial charge in [-0.3, -0.25) is 9.48 Å². The summed E-state index contributed by atoms with van der Waals surface area (Å²) in [6.07, 6.45) is -2.17. The number of amides is 1. The van der Waals surface area contributed by atoms with E-state index in [0.717, 1.165) is 17.7 Å². The first kappa shape index (κ1) is 20.3. The van der Waals surface area contributed by atoms with Crippen LogP contribution in [0.2, 0.25) is 0 Å². The Morgan fingerprint density at radius 3 is 2.55 bits per heavy atom. The summed E-state index contributed by atoms with van der Waals surface area (Å²) in [5, 5.41) is 13.2. The predicted molar refractivity (Wildman–Crippen MR) is 102 cm³/mol. The second kappa shape index (κ2) is 8.01. The van der Waals surface area contributed by atoms with Crippen LogP contribution in [0.15, 0.2) is 67.0 Å². The van der Waals surface area contributed by atoms with Gasteiger partial charge in [0.1, 0.15) is 5.82 Å². The third-order valence-electron chi connectivity index (χ3n) is 4.29. The van der Waals surface area contributed by atoms with Crippen molar-refractivity contribution >= 4 is 11.6 Å². The number of alkyl halides is 3. The fourth-order valence-electron chi connectivity index (χ4n) is 2.95. The zero-order chi connectivity index (χ0) is 22.0. The lowest BCUT2D eigenvalue weighted by atomic mass is 10.2. The van der Waals surface area contributed by atoms with E-state index in [2.05, 4.69) is 20.7 Å². The number of carbonyl (C=O) groups is 1. The highest BCUT2D eigenvalue weighted by atomic mass is 19.4. The monoisotopic (exact) mass is 430 g/mol. The Hall–Kier alpha value is -4.02. The fourth-order valence-corrected chi connectivity index (χ4v) is 2.95. The van der Waals surface area contributed by atoms with Gasteiger partial charge in [-0.25, -0.2) is 9.07 Å². The normalized spacial score (nSPS) is 11.5. The molecule has 1 N–H and O–H groups in total. The molecule has 2 aromatic heterocycles. The summed E-state index contributed by atoms with van der Waals surface area (Å²) in [5.41, 5.74) is -1.41. The molecular weight excluding hydrogens is 416 g/mol. The lowest BCUT2D eigenvalue weighted by Crippen LogP contribution is -2.21. The van der Waals surface area contributed by atoms with E-state index in [9.17, 15) is 22.4 Å². The highest BCUT2D eigenvalue weighted by Gasteiger charge is 2.42. The van der Waals surface area contributed by atoms with Crippen molar-refractivity contribution in [2.45, 2.75) is 12.7 Å². The van der Waals surface area contributed by atoms with Crippen LogP contribution in [-0.4, -0.2) is 30.7 Å². The molecule has 0 saturated heterocycles. The number of anilines is 1. The van der Waals surface area contributed by atoms with Crippen LogP contribution in [-0.2, 0) is 12.7 Å². The largest absolute Gasteiger partial charge is 0.435 e. The van der Waals surface area contributed by atoms with E-state index in [1.807, 2.05) is 30.3 Å². The molecule has 0 fully saturated rings. The molecule has 0 saturated carbocycles. The maximum Gasteiger partial charge on any atom is 0.435 e. The van der Waals surface area contributed by atoms with Gasteiger partial charge in [-0.1, -0.05) is 41.6 Å². The van der Waals surface area contributed by atoms with Crippen molar-refractivity contribution in [3.63, 3.8) is 0 Å². The zero-order valence-electron chi connectivity index (χ0n) is 15.7. The van der Waals surface area contributed by atoms with Crippen LogP contribution in [0.3, 0.4) is 0 Å². The third-order valence-corrected chi connectivity index (χ3v) is 4.29. The van der Waals surface area contributed by atoms with E-state index in [1.54, 1.807) is 0 Å². The number of hydrogen-bond acceptors (Lipinski definition) is 4. The van der Waals surface area contributed by atoms with Crippen molar-refractivity contribution in [3.05, 3.63) is 89.8 Å². The molecule has 0 spiro atoms. The predicted octanol–water partition coefficient (Wildman–Crippen LogP) is 3.92. The van der Waals surface area contributed by atoms with Gasteiger partial charge in [-0.05, 0) is 23.8 Å². The summed E-state index contributed by atoms with van der Waals surface area (Å²) in [7, 11) is 0. The van der Waals surface area contributed by atoms with Crippen LogP contribution >= 0.6 is 0 Å². The molecule has 7 nitrogen and oxygen atoms in total. The topological polar surface area (TPSA) is 77.6 Å². The Morgan fingerprint density at radius 2 is 1.84 bits per heavy atom. The average Bonchev–Trinajstić information content (AvgIpc) is 3.36. The summed E-state index contributed by atoms with van der Waals surface area (Å²) in [5.74, 6) is -1.87. The van der Waals surface area contributed by atoms with Gasteiger partial charge in [0, 0.05) is 6.20 Å². The van der Waals surface area contributed by atoms with Crippen molar-refractivity contribution in [2.75, 3.05) is 5.32 Å². The molecule has 0 aliphatic carbocycles. The van der Waals surface area contributed by atoms with Crippen molar-refractivity contribution in [3.8, 4) is 5.69 Å². The molecule has 31 heavy (non-hydrogen) atoms. The molecule has 0 unspecified atom stereocenters. The molecule has 2 aromatic carbocycles. The van der Waals surface area contributed by atoms with Crippen molar-refractivity contribution < 1.29 is 22.4 Å². The fraction of sp³-hybridized carbons (Fsp3) is 0.100. The van der Waals surface area contributed by atoms with Gasteiger partial charge in [0.25, 0.3) is 5.91 Å². The average molecular weight is 430 g/mol. The molecule has 0 radical (unpaired) electrons. The summed E-state index contributed by atoms with van der Waals surface area (Å²) >= 11 is 0. The number of nitrogens with zero attached hydrogens (tertiary/aromatic N) is 5. The molecule has 11 heteroatoms. The number of carbonyl (C=O) groups excluding carboxylic acids is 1. The lowest BCUT2D eigenvalue weighted by molar-refractivity contribution is -0.143. The minimum absolute atomic E-state index is 0.189. The van der Waals surface area contributed by atoms with Crippen LogP contribution in [0, 0.1) is 5.82 Å². The quantitative estimate of drug-likeness (QED) is 0.487. The maximum atomic E-state index is 13.7. The summed E-state index contributed by atoms with van der Waals surface area (Å²) in [4.78, 5) is 12.5. The molecule has 158 valence electrons. The third kappa shape index (κ3) is 4.44. The van der Waals surface area contributed by atoms with E-state index in [4.69, 9.17) is 0 Å². The van der Waals surface area contributed by atoms with Crippen LogP contribution in [0.5, 0.6) is 0 Å². The van der Waals surface area contributed by atoms with Crippen molar-refractivity contribution in [1.82, 2.24) is 24.8 Å². The van der Waals surface area contributed by atoms with Crippen LogP contribution in [0.25, 0.3) is 5.69 Å². The Labute approximate surface area is 172 Å². The van der Waals surface area contributed by atoms with Crippen molar-refractivity contribution in [1.29, 1.82) is 0 Å². The van der Waals surface area contributed by atoms with Crippen LogP contribution in [0.4, 0.5) is 23.2 Å². The van der Waals surface area contributed by atoms with Crippen LogP contribution in [0.1, 0.15) is 21.7 Å². The highest BCUT2D eigenvalue weighted by molar-refractivity contribution is 6.03. The number of halogens is 4. The van der Waals surface area contributed by atoms with E-state index >= 15 is 0 Å². The molecule has 0 aliphatic heterocycles. The second-order valence-corrected chi connectivity index (χ2v) is 6.54. The Morgan fingerprint density at radius 1 is 1.06 bits per heavy atom. The van der Waals surface area contributed by atoms with Gasteiger partial charge in [-0.2, -0.15) is 18.3 Å². The lowest BCUT2D eigenvalue weighted by Gasteiger charge is -2.11. The van der Waals surface area contributed by atoms with Gasteiger partial charge >= 0.3 is 6.18 Å². The standard InChI is InChI=1S/C20H14F4N6O/c21-14-7-4-8-16(9-14)30-18(20(22,23)24)17(27-28-30)19(31)26-15-10-25-29(12-15)11-13-5-2-1-3-6-13/h1-10,12H,11H2,(H,26,31). The van der Waals surface area contributed by atoms with Gasteiger partial charge in [0.15, 0.2) is 11.4 Å². The smallest absolute Gasteiger partial charge is 0.318 e. The summed E-state index contributed by atoms with van der Waals surface area (Å²) < 4.78 is 56.4. The van der Waals surface area contributed by atoms with Gasteiger partial charge in [0.05, 0.1) is 24.1 Å². The first-order valence-electron chi connectivity index (χ1n) is 8.98. The second-order valence-electron chi connectivity index (χ2n) is 6.54. The SMILES string of the molecule is O=C(Nc1cnn(Cc2ccccc2)c1)c1nnn(-c2cccc(F)c2)c1C(F)(F)F. The van der Waals surface area contributed by atoms with E-state index in [-0.39, 0.29) is 11.4 Å². The number of benzene rings is 2. The molecule has 0 bridgehead atoms. The van der Waals surface area contributed by atoms with E-state index in [1.165, 1.54) is 29.2 Å². The van der Waals surface area contributed by atoms with Crippen LogP contribution < -0.4 is 5.32 Å². The summed E-state index contributed by atoms with van der Waals surface area (Å²) in [6.45, 7) is 0.417. The minimum atomic E-state index is -4.96. The van der Waals surface area contributed by atoms with Gasteiger partial charge in [-0.15, -0.1) is 5.10 Å². The number of hydrogen-bond donors (Lipinski definition) is 1. The molecule has 4 aromatic rings. The van der Waals surface area contributed by atoms with Gasteiger partial charge in [0.2, 0.25) is 0 Å². The van der Waals surface area contributed by atoms with Crippen molar-refractivity contribution in [2.24, 2.45) is 0 Å². The Kier molecular flexibility index (Phi) is 5.24. The minimum Gasteiger partial charge on any atom is -0.318 e. The molecule has 4 rings (SSSR count). The zero-order valence-corrected chi connectivity index (χ0v) is 15.7. The first-order valence-corrected chi connectivity index (χ1v) is 8.98. The molecule has 0 atom stereocenters. The molecule has 2 heterocycles. The first-order chi connectivity index (χ1) is 14.8. The maximum absolute atomic E-state index is 13.7. The summed E-state index contributed by atoms with van der Waals surface area (Å²) in [6, 6.07) is 13.8.